The van der Waals surface area contributed by atoms with Crippen LogP contribution in [0.25, 0.3) is 0 Å². The molecule has 0 aliphatic heterocycles. The van der Waals surface area contributed by atoms with Crippen LogP contribution in [0.5, 0.6) is 0 Å². The van der Waals surface area contributed by atoms with E-state index < -0.39 is 0 Å². The van der Waals surface area contributed by atoms with Crippen LogP contribution in [0.3, 0.4) is 0 Å². The summed E-state index contributed by atoms with van der Waals surface area (Å²) < 4.78 is 0. The lowest BCUT2D eigenvalue weighted by atomic mass is 9.99. The van der Waals surface area contributed by atoms with Gasteiger partial charge in [-0.1, -0.05) is 35.9 Å². The van der Waals surface area contributed by atoms with Crippen molar-refractivity contribution in [2.75, 3.05) is 0 Å². The smallest absolute Gasteiger partial charge is 0.0991 e. The Kier molecular flexibility index (Phi) is 5.18. The van der Waals surface area contributed by atoms with Gasteiger partial charge in [0, 0.05) is 5.02 Å². The molecular weight excluding hydrogens is 267 g/mol. The highest BCUT2D eigenvalue weighted by Crippen LogP contribution is 2.22. The van der Waals surface area contributed by atoms with Crippen LogP contribution in [0.4, 0.5) is 0 Å². The molecule has 2 rings (SSSR count). The first kappa shape index (κ1) is 14.5. The van der Waals surface area contributed by atoms with Crippen molar-refractivity contribution in [3.05, 3.63) is 70.2 Å². The van der Waals surface area contributed by atoms with Crippen molar-refractivity contribution in [2.45, 2.75) is 6.04 Å². The molecule has 0 heterocycles. The van der Waals surface area contributed by atoms with E-state index in [0.717, 1.165) is 11.1 Å². The van der Waals surface area contributed by atoms with Crippen molar-refractivity contribution < 1.29 is 0 Å². The van der Waals surface area contributed by atoms with E-state index in [9.17, 15) is 0 Å². The Morgan fingerprint density at radius 3 is 2.28 bits per heavy atom. The summed E-state index contributed by atoms with van der Waals surface area (Å²) in [5.74, 6) is 0. The maximum atomic E-state index is 8.72. The second-order valence-corrected chi connectivity index (χ2v) is 4.20. The van der Waals surface area contributed by atoms with Crippen LogP contribution < -0.4 is 5.73 Å². The predicted octanol–water partition coefficient (Wildman–Crippen LogP) is 3.68. The van der Waals surface area contributed by atoms with Gasteiger partial charge in [-0.15, -0.1) is 12.4 Å². The van der Waals surface area contributed by atoms with E-state index >= 15 is 0 Å². The molecule has 1 atom stereocenters. The van der Waals surface area contributed by atoms with E-state index in [1.807, 2.05) is 36.4 Å². The van der Waals surface area contributed by atoms with Gasteiger partial charge < -0.3 is 5.73 Å². The summed E-state index contributed by atoms with van der Waals surface area (Å²) in [6, 6.07) is 16.6. The zero-order chi connectivity index (χ0) is 12.3. The number of hydrogen-bond acceptors (Lipinski definition) is 2. The van der Waals surface area contributed by atoms with Gasteiger partial charge in [-0.25, -0.2) is 0 Å². The van der Waals surface area contributed by atoms with Gasteiger partial charge in [0.2, 0.25) is 0 Å². The SMILES string of the molecule is Cl.N#Cc1ccc(C(N)c2cccc(Cl)c2)cc1. The van der Waals surface area contributed by atoms with Crippen LogP contribution >= 0.6 is 24.0 Å². The van der Waals surface area contributed by atoms with E-state index in [4.69, 9.17) is 22.6 Å². The van der Waals surface area contributed by atoms with Crippen LogP contribution in [0.2, 0.25) is 5.02 Å². The van der Waals surface area contributed by atoms with Gasteiger partial charge >= 0.3 is 0 Å². The van der Waals surface area contributed by atoms with E-state index in [0.29, 0.717) is 10.6 Å². The predicted molar refractivity (Wildman–Crippen MR) is 75.9 cm³/mol. The van der Waals surface area contributed by atoms with Gasteiger partial charge in [0.25, 0.3) is 0 Å². The molecule has 0 spiro atoms. The molecule has 0 amide bonds. The molecule has 0 radical (unpaired) electrons. The topological polar surface area (TPSA) is 49.8 Å². The molecule has 0 aliphatic carbocycles. The molecule has 18 heavy (non-hydrogen) atoms. The summed E-state index contributed by atoms with van der Waals surface area (Å²) in [7, 11) is 0. The second-order valence-electron chi connectivity index (χ2n) is 3.77. The van der Waals surface area contributed by atoms with Gasteiger partial charge in [0.15, 0.2) is 0 Å². The lowest BCUT2D eigenvalue weighted by Gasteiger charge is -2.12. The summed E-state index contributed by atoms with van der Waals surface area (Å²) >= 11 is 5.93. The van der Waals surface area contributed by atoms with Crippen molar-refractivity contribution in [1.82, 2.24) is 0 Å². The average Bonchev–Trinajstić information content (AvgIpc) is 2.38. The summed E-state index contributed by atoms with van der Waals surface area (Å²) in [6.45, 7) is 0. The Hall–Kier alpha value is -1.53. The number of hydrogen-bond donors (Lipinski definition) is 1. The summed E-state index contributed by atoms with van der Waals surface area (Å²) in [5.41, 5.74) is 8.69. The van der Waals surface area contributed by atoms with Crippen molar-refractivity contribution in [1.29, 1.82) is 5.26 Å². The van der Waals surface area contributed by atoms with Gasteiger partial charge in [-0.2, -0.15) is 5.26 Å². The monoisotopic (exact) mass is 278 g/mol. The number of benzene rings is 2. The second kappa shape index (κ2) is 6.42. The van der Waals surface area contributed by atoms with E-state index in [1.165, 1.54) is 0 Å². The molecule has 0 aliphatic rings. The summed E-state index contributed by atoms with van der Waals surface area (Å²) in [6.07, 6.45) is 0. The third-order valence-corrected chi connectivity index (χ3v) is 2.84. The molecule has 0 bridgehead atoms. The molecule has 2 nitrogen and oxygen atoms in total. The Balaban J connectivity index is 0.00000162. The zero-order valence-electron chi connectivity index (χ0n) is 9.51. The number of rotatable bonds is 2. The number of nitrogens with two attached hydrogens (primary N) is 1. The van der Waals surface area contributed by atoms with Crippen molar-refractivity contribution >= 4 is 24.0 Å². The third-order valence-electron chi connectivity index (χ3n) is 2.61. The molecular formula is C14H12Cl2N2. The largest absolute Gasteiger partial charge is 0.320 e. The van der Waals surface area contributed by atoms with Crippen molar-refractivity contribution in [3.8, 4) is 6.07 Å². The normalized spacial score (nSPS) is 11.2. The third kappa shape index (κ3) is 3.24. The van der Waals surface area contributed by atoms with Crippen molar-refractivity contribution in [3.63, 3.8) is 0 Å². The number of nitriles is 1. The van der Waals surface area contributed by atoms with E-state index in [2.05, 4.69) is 6.07 Å². The molecule has 0 saturated heterocycles. The van der Waals surface area contributed by atoms with E-state index in [1.54, 1.807) is 12.1 Å². The molecule has 1 unspecified atom stereocenters. The standard InChI is InChI=1S/C14H11ClN2.ClH/c15-13-3-1-2-12(8-13)14(17)11-6-4-10(9-16)5-7-11;/h1-8,14H,17H2;1H. The van der Waals surface area contributed by atoms with Crippen LogP contribution in [-0.2, 0) is 0 Å². The number of halogens is 2. The minimum atomic E-state index is -0.221. The Morgan fingerprint density at radius 2 is 1.72 bits per heavy atom. The summed E-state index contributed by atoms with van der Waals surface area (Å²) in [5, 5.41) is 9.39. The molecule has 2 aromatic carbocycles. The summed E-state index contributed by atoms with van der Waals surface area (Å²) in [4.78, 5) is 0. The van der Waals surface area contributed by atoms with Gasteiger partial charge in [-0.05, 0) is 35.4 Å². The molecule has 2 N–H and O–H groups in total. The zero-order valence-corrected chi connectivity index (χ0v) is 11.1. The van der Waals surface area contributed by atoms with Gasteiger partial charge in [0.05, 0.1) is 17.7 Å². The fraction of sp³-hybridized carbons (Fsp3) is 0.0714. The first-order valence-corrected chi connectivity index (χ1v) is 5.59. The molecule has 0 fully saturated rings. The van der Waals surface area contributed by atoms with Crippen molar-refractivity contribution in [2.24, 2.45) is 5.73 Å². The minimum Gasteiger partial charge on any atom is -0.320 e. The quantitative estimate of drug-likeness (QED) is 0.911. The highest BCUT2D eigenvalue weighted by Gasteiger charge is 2.08. The Bertz CT molecular complexity index is 559. The van der Waals surface area contributed by atoms with Crippen LogP contribution in [0.15, 0.2) is 48.5 Å². The maximum absolute atomic E-state index is 8.72. The molecule has 2 aromatic rings. The van der Waals surface area contributed by atoms with E-state index in [-0.39, 0.29) is 18.4 Å². The first-order chi connectivity index (χ1) is 8.20. The lowest BCUT2D eigenvalue weighted by Crippen LogP contribution is -2.11. The Labute approximate surface area is 117 Å². The minimum absolute atomic E-state index is 0. The first-order valence-electron chi connectivity index (χ1n) is 5.22. The molecule has 0 aromatic heterocycles. The van der Waals surface area contributed by atoms with Crippen LogP contribution in [0, 0.1) is 11.3 Å². The molecule has 4 heteroatoms. The molecule has 92 valence electrons. The number of nitrogens with zero attached hydrogens (tertiary/aromatic N) is 1. The van der Waals surface area contributed by atoms with Crippen LogP contribution in [0.1, 0.15) is 22.7 Å². The highest BCUT2D eigenvalue weighted by molar-refractivity contribution is 6.30. The van der Waals surface area contributed by atoms with Gasteiger partial charge in [-0.3, -0.25) is 0 Å². The molecule has 0 saturated carbocycles. The van der Waals surface area contributed by atoms with Crippen LogP contribution in [-0.4, -0.2) is 0 Å². The fourth-order valence-corrected chi connectivity index (χ4v) is 1.86. The fourth-order valence-electron chi connectivity index (χ4n) is 1.66. The van der Waals surface area contributed by atoms with Gasteiger partial charge in [0.1, 0.15) is 0 Å². The highest BCUT2D eigenvalue weighted by atomic mass is 35.5. The average molecular weight is 279 g/mol. The lowest BCUT2D eigenvalue weighted by molar-refractivity contribution is 0.871. The maximum Gasteiger partial charge on any atom is 0.0991 e. The Morgan fingerprint density at radius 1 is 1.06 bits per heavy atom.